The van der Waals surface area contributed by atoms with Gasteiger partial charge in [-0.2, -0.15) is 0 Å². The second-order valence-electron chi connectivity index (χ2n) is 7.89. The van der Waals surface area contributed by atoms with E-state index in [1.807, 2.05) is 30.3 Å². The Balaban J connectivity index is 1.29. The van der Waals surface area contributed by atoms with Crippen LogP contribution in [0.4, 0.5) is 11.5 Å². The summed E-state index contributed by atoms with van der Waals surface area (Å²) in [6.07, 6.45) is 0.892. The lowest BCUT2D eigenvalue weighted by atomic mass is 10.1. The molecule has 0 unspecified atom stereocenters. The number of ether oxygens (including phenoxy) is 1. The highest BCUT2D eigenvalue weighted by atomic mass is 35.5. The van der Waals surface area contributed by atoms with E-state index in [1.54, 1.807) is 43.5 Å². The van der Waals surface area contributed by atoms with Crippen molar-refractivity contribution in [1.82, 2.24) is 15.8 Å². The lowest BCUT2D eigenvalue weighted by molar-refractivity contribution is 0.0846. The molecule has 4 aromatic rings. The highest BCUT2D eigenvalue weighted by Crippen LogP contribution is 2.35. The summed E-state index contributed by atoms with van der Waals surface area (Å²) in [6, 6.07) is 21.6. The lowest BCUT2D eigenvalue weighted by Crippen LogP contribution is -2.41. The number of carbonyl (C=O) groups excluding carboxylic acids is 2. The summed E-state index contributed by atoms with van der Waals surface area (Å²) in [6.45, 7) is 0.804. The first-order chi connectivity index (χ1) is 16.5. The van der Waals surface area contributed by atoms with Gasteiger partial charge < -0.3 is 9.64 Å². The average molecular weight is 473 g/mol. The van der Waals surface area contributed by atoms with Crippen LogP contribution in [0.15, 0.2) is 72.8 Å². The molecule has 0 saturated heterocycles. The summed E-state index contributed by atoms with van der Waals surface area (Å²) < 4.78 is 5.33. The maximum absolute atomic E-state index is 12.5. The number of hydrogen-bond donors (Lipinski definition) is 2. The van der Waals surface area contributed by atoms with Crippen LogP contribution in [0.5, 0.6) is 5.75 Å². The molecule has 7 nitrogen and oxygen atoms in total. The van der Waals surface area contributed by atoms with E-state index in [0.29, 0.717) is 16.1 Å². The minimum absolute atomic E-state index is 0.394. The summed E-state index contributed by atoms with van der Waals surface area (Å²) >= 11 is 5.84. The molecule has 1 aliphatic rings. The topological polar surface area (TPSA) is 83.6 Å². The fraction of sp³-hybridized carbons (Fsp3) is 0.115. The number of pyridine rings is 1. The molecule has 1 aromatic heterocycles. The van der Waals surface area contributed by atoms with Gasteiger partial charge in [0, 0.05) is 39.8 Å². The highest BCUT2D eigenvalue weighted by Gasteiger charge is 2.23. The predicted molar refractivity (Wildman–Crippen MR) is 132 cm³/mol. The van der Waals surface area contributed by atoms with Gasteiger partial charge in [-0.1, -0.05) is 11.6 Å². The summed E-state index contributed by atoms with van der Waals surface area (Å²) in [5.41, 5.74) is 8.67. The molecule has 0 radical (unpaired) electrons. The van der Waals surface area contributed by atoms with Gasteiger partial charge in [-0.15, -0.1) is 0 Å². The van der Waals surface area contributed by atoms with Crippen molar-refractivity contribution in [2.45, 2.75) is 6.42 Å². The summed E-state index contributed by atoms with van der Waals surface area (Å²) in [5, 5.41) is 1.61. The van der Waals surface area contributed by atoms with Gasteiger partial charge in [0.2, 0.25) is 0 Å². The van der Waals surface area contributed by atoms with Gasteiger partial charge in [0.05, 0.1) is 12.6 Å². The minimum atomic E-state index is -0.426. The Morgan fingerprint density at radius 2 is 1.56 bits per heavy atom. The van der Waals surface area contributed by atoms with Crippen LogP contribution in [-0.4, -0.2) is 30.5 Å². The summed E-state index contributed by atoms with van der Waals surface area (Å²) in [4.78, 5) is 31.7. The zero-order valence-corrected chi connectivity index (χ0v) is 19.1. The number of fused-ring (bicyclic) bond motifs is 2. The first-order valence-electron chi connectivity index (χ1n) is 10.7. The van der Waals surface area contributed by atoms with Gasteiger partial charge in [-0.3, -0.25) is 20.4 Å². The zero-order chi connectivity index (χ0) is 23.7. The molecule has 0 spiro atoms. The van der Waals surface area contributed by atoms with Crippen molar-refractivity contribution in [2.24, 2.45) is 0 Å². The third-order valence-electron chi connectivity index (χ3n) is 5.78. The van der Waals surface area contributed by atoms with Crippen molar-refractivity contribution >= 4 is 45.8 Å². The average Bonchev–Trinajstić information content (AvgIpc) is 3.28. The van der Waals surface area contributed by atoms with Gasteiger partial charge in [0.25, 0.3) is 11.8 Å². The van der Waals surface area contributed by atoms with Gasteiger partial charge in [-0.25, -0.2) is 4.98 Å². The monoisotopic (exact) mass is 472 g/mol. The van der Waals surface area contributed by atoms with Crippen LogP contribution >= 0.6 is 11.6 Å². The fourth-order valence-corrected chi connectivity index (χ4v) is 4.09. The predicted octanol–water partition coefficient (Wildman–Crippen LogP) is 4.67. The molecule has 170 valence electrons. The molecule has 2 heterocycles. The minimum Gasteiger partial charge on any atom is -0.497 e. The molecular weight excluding hydrogens is 452 g/mol. The van der Waals surface area contributed by atoms with Gasteiger partial charge in [0.1, 0.15) is 11.6 Å². The molecule has 5 rings (SSSR count). The number of methoxy groups -OCH3 is 1. The Hall–Kier alpha value is -4.10. The van der Waals surface area contributed by atoms with Crippen LogP contribution in [0.25, 0.3) is 10.9 Å². The molecule has 1 aliphatic heterocycles. The number of halogens is 1. The molecule has 34 heavy (non-hydrogen) atoms. The number of amides is 2. The van der Waals surface area contributed by atoms with E-state index in [0.717, 1.165) is 41.1 Å². The van der Waals surface area contributed by atoms with Crippen LogP contribution in [0.3, 0.4) is 0 Å². The molecule has 0 bridgehead atoms. The number of anilines is 2. The van der Waals surface area contributed by atoms with E-state index < -0.39 is 11.8 Å². The molecule has 2 N–H and O–H groups in total. The Kier molecular flexibility index (Phi) is 5.77. The summed E-state index contributed by atoms with van der Waals surface area (Å²) in [5.74, 6) is 0.841. The number of hydrogen-bond acceptors (Lipinski definition) is 5. The second-order valence-corrected chi connectivity index (χ2v) is 8.33. The molecule has 0 fully saturated rings. The molecule has 0 atom stereocenters. The number of nitrogens with zero attached hydrogens (tertiary/aromatic N) is 2. The first-order valence-corrected chi connectivity index (χ1v) is 11.1. The number of carbonyl (C=O) groups is 2. The van der Waals surface area contributed by atoms with E-state index in [1.165, 1.54) is 5.56 Å². The van der Waals surface area contributed by atoms with E-state index >= 15 is 0 Å². The third-order valence-corrected chi connectivity index (χ3v) is 6.03. The smallest absolute Gasteiger partial charge is 0.269 e. The van der Waals surface area contributed by atoms with E-state index in [2.05, 4.69) is 21.8 Å². The fourth-order valence-electron chi connectivity index (χ4n) is 3.97. The molecule has 0 aliphatic carbocycles. The van der Waals surface area contributed by atoms with Crippen molar-refractivity contribution in [2.75, 3.05) is 18.6 Å². The number of aromatic nitrogens is 1. The zero-order valence-electron chi connectivity index (χ0n) is 18.3. The maximum atomic E-state index is 12.5. The Morgan fingerprint density at radius 1 is 0.912 bits per heavy atom. The van der Waals surface area contributed by atoms with Crippen molar-refractivity contribution < 1.29 is 14.3 Å². The Labute approximate surface area is 201 Å². The highest BCUT2D eigenvalue weighted by molar-refractivity contribution is 6.30. The molecule has 3 aromatic carbocycles. The van der Waals surface area contributed by atoms with Crippen molar-refractivity contribution in [1.29, 1.82) is 0 Å². The van der Waals surface area contributed by atoms with E-state index in [9.17, 15) is 9.59 Å². The van der Waals surface area contributed by atoms with Crippen LogP contribution in [0, 0.1) is 0 Å². The largest absolute Gasteiger partial charge is 0.497 e. The number of hydrazine groups is 1. The van der Waals surface area contributed by atoms with Gasteiger partial charge >= 0.3 is 0 Å². The molecule has 8 heteroatoms. The molecular formula is C26H21ClN4O3. The van der Waals surface area contributed by atoms with Crippen molar-refractivity contribution in [3.8, 4) is 5.75 Å². The Morgan fingerprint density at radius 3 is 2.21 bits per heavy atom. The van der Waals surface area contributed by atoms with Gasteiger partial charge in [-0.05, 0) is 78.7 Å². The first kappa shape index (κ1) is 21.7. The van der Waals surface area contributed by atoms with Crippen LogP contribution < -0.4 is 20.5 Å². The summed E-state index contributed by atoms with van der Waals surface area (Å²) in [7, 11) is 1.64. The van der Waals surface area contributed by atoms with E-state index in [4.69, 9.17) is 21.3 Å². The van der Waals surface area contributed by atoms with Crippen molar-refractivity contribution in [3.05, 3.63) is 94.5 Å². The van der Waals surface area contributed by atoms with Crippen molar-refractivity contribution in [3.63, 3.8) is 0 Å². The Bertz CT molecular complexity index is 1390. The SMILES string of the molecule is COc1ccc2cc3c(nc2c1)N(c1ccc(C(=O)NNC(=O)c2ccc(Cl)cc2)cc1)CC3. The van der Waals surface area contributed by atoms with E-state index in [-0.39, 0.29) is 0 Å². The van der Waals surface area contributed by atoms with Gasteiger partial charge in [0.15, 0.2) is 0 Å². The second kappa shape index (κ2) is 9.03. The maximum Gasteiger partial charge on any atom is 0.269 e. The third kappa shape index (κ3) is 4.25. The van der Waals surface area contributed by atoms with Crippen LogP contribution in [0.1, 0.15) is 26.3 Å². The quantitative estimate of drug-likeness (QED) is 0.422. The number of nitrogens with one attached hydrogen (secondary N) is 2. The number of rotatable bonds is 4. The lowest BCUT2D eigenvalue weighted by Gasteiger charge is -2.19. The standard InChI is InChI=1S/C26H21ClN4O3/c1-34-22-11-6-18-14-19-12-13-31(24(19)28-23(18)15-22)21-9-4-17(5-10-21)26(33)30-29-25(32)16-2-7-20(27)8-3-16/h2-11,14-15H,12-13H2,1H3,(H,29,32)(H,30,33). The molecule has 0 saturated carbocycles. The van der Waals surface area contributed by atoms with Crippen LogP contribution in [0.2, 0.25) is 5.02 Å². The normalized spacial score (nSPS) is 12.4. The van der Waals surface area contributed by atoms with Crippen LogP contribution in [-0.2, 0) is 6.42 Å². The number of benzene rings is 3. The molecule has 2 amide bonds.